The average molecular weight is 436 g/mol. The Labute approximate surface area is 172 Å². The number of anilines is 1. The lowest BCUT2D eigenvalue weighted by Gasteiger charge is -2.38. The van der Waals surface area contributed by atoms with E-state index in [-0.39, 0.29) is 30.3 Å². The SMILES string of the molecule is CC1CN(C(=O)C(C)N(C)CC(=O)Nc2ccc(Cl)c(C(F)(F)F)c2)CC(C)O1. The zero-order chi connectivity index (χ0) is 21.9. The van der Waals surface area contributed by atoms with Gasteiger partial charge >= 0.3 is 6.18 Å². The minimum Gasteiger partial charge on any atom is -0.372 e. The summed E-state index contributed by atoms with van der Waals surface area (Å²) in [7, 11) is 1.61. The first-order valence-electron chi connectivity index (χ1n) is 9.19. The molecule has 29 heavy (non-hydrogen) atoms. The predicted octanol–water partition coefficient (Wildman–Crippen LogP) is 3.25. The molecule has 0 saturated carbocycles. The molecule has 2 rings (SSSR count). The second-order valence-corrected chi connectivity index (χ2v) is 7.74. The van der Waals surface area contributed by atoms with E-state index in [0.717, 1.165) is 12.1 Å². The third-order valence-corrected chi connectivity index (χ3v) is 5.03. The molecule has 1 aliphatic heterocycles. The van der Waals surface area contributed by atoms with Crippen LogP contribution in [0.5, 0.6) is 0 Å². The van der Waals surface area contributed by atoms with Gasteiger partial charge in [0, 0.05) is 18.8 Å². The number of carbonyl (C=O) groups is 2. The van der Waals surface area contributed by atoms with Crippen LogP contribution in [0.3, 0.4) is 0 Å². The molecule has 1 aromatic rings. The van der Waals surface area contributed by atoms with Crippen LogP contribution < -0.4 is 5.32 Å². The largest absolute Gasteiger partial charge is 0.417 e. The number of hydrogen-bond donors (Lipinski definition) is 1. The Morgan fingerprint density at radius 2 is 1.90 bits per heavy atom. The molecule has 0 bridgehead atoms. The van der Waals surface area contributed by atoms with E-state index in [4.69, 9.17) is 16.3 Å². The van der Waals surface area contributed by atoms with Crippen LogP contribution in [0.4, 0.5) is 18.9 Å². The summed E-state index contributed by atoms with van der Waals surface area (Å²) in [5.41, 5.74) is -1.04. The quantitative estimate of drug-likeness (QED) is 0.771. The minimum atomic E-state index is -4.62. The first-order chi connectivity index (χ1) is 13.4. The van der Waals surface area contributed by atoms with Crippen LogP contribution in [-0.2, 0) is 20.5 Å². The highest BCUT2D eigenvalue weighted by atomic mass is 35.5. The number of halogens is 4. The van der Waals surface area contributed by atoms with Crippen molar-refractivity contribution in [3.63, 3.8) is 0 Å². The Morgan fingerprint density at radius 3 is 2.45 bits per heavy atom. The van der Waals surface area contributed by atoms with Gasteiger partial charge in [-0.2, -0.15) is 13.2 Å². The van der Waals surface area contributed by atoms with Gasteiger partial charge < -0.3 is 15.0 Å². The lowest BCUT2D eigenvalue weighted by Crippen LogP contribution is -2.54. The zero-order valence-corrected chi connectivity index (χ0v) is 17.5. The Morgan fingerprint density at radius 1 is 1.31 bits per heavy atom. The van der Waals surface area contributed by atoms with Crippen molar-refractivity contribution in [1.29, 1.82) is 0 Å². The molecule has 1 aliphatic rings. The molecule has 10 heteroatoms. The molecule has 1 fully saturated rings. The number of likely N-dealkylation sites (N-methyl/N-ethyl adjacent to an activating group) is 1. The fraction of sp³-hybridized carbons (Fsp3) is 0.579. The van der Waals surface area contributed by atoms with Gasteiger partial charge in [-0.15, -0.1) is 0 Å². The standard InChI is InChI=1S/C19H25ClF3N3O3/c1-11-8-26(9-12(2)29-11)18(28)13(3)25(4)10-17(27)24-14-5-6-16(20)15(7-14)19(21,22)23/h5-7,11-13H,8-10H2,1-4H3,(H,24,27). The van der Waals surface area contributed by atoms with E-state index in [2.05, 4.69) is 5.32 Å². The van der Waals surface area contributed by atoms with Crippen LogP contribution in [0.15, 0.2) is 18.2 Å². The number of rotatable bonds is 5. The van der Waals surface area contributed by atoms with Crippen LogP contribution in [0.25, 0.3) is 0 Å². The lowest BCUT2D eigenvalue weighted by atomic mass is 10.1. The zero-order valence-electron chi connectivity index (χ0n) is 16.7. The molecule has 1 saturated heterocycles. The van der Waals surface area contributed by atoms with E-state index >= 15 is 0 Å². The minimum absolute atomic E-state index is 0.0186. The van der Waals surface area contributed by atoms with E-state index in [1.165, 1.54) is 6.07 Å². The van der Waals surface area contributed by atoms with Crippen molar-refractivity contribution >= 4 is 29.1 Å². The maximum absolute atomic E-state index is 12.9. The number of nitrogens with one attached hydrogen (secondary N) is 1. The number of benzene rings is 1. The number of carbonyl (C=O) groups excluding carboxylic acids is 2. The fourth-order valence-electron chi connectivity index (χ4n) is 3.19. The molecule has 3 unspecified atom stereocenters. The molecule has 1 heterocycles. The fourth-order valence-corrected chi connectivity index (χ4v) is 3.42. The van der Waals surface area contributed by atoms with Crippen LogP contribution in [0, 0.1) is 0 Å². The monoisotopic (exact) mass is 435 g/mol. The first kappa shape index (κ1) is 23.4. The third-order valence-electron chi connectivity index (χ3n) is 4.70. The molecule has 0 spiro atoms. The molecule has 3 atom stereocenters. The van der Waals surface area contributed by atoms with Gasteiger partial charge in [-0.3, -0.25) is 14.5 Å². The van der Waals surface area contributed by atoms with Crippen molar-refractivity contribution < 1.29 is 27.5 Å². The molecule has 2 amide bonds. The van der Waals surface area contributed by atoms with Gasteiger partial charge in [0.1, 0.15) is 0 Å². The topological polar surface area (TPSA) is 61.9 Å². The molecule has 0 aromatic heterocycles. The summed E-state index contributed by atoms with van der Waals surface area (Å²) in [5, 5.41) is 1.97. The summed E-state index contributed by atoms with van der Waals surface area (Å²) in [5.74, 6) is -0.667. The maximum atomic E-state index is 12.9. The Balaban J connectivity index is 1.97. The van der Waals surface area contributed by atoms with Gasteiger partial charge in [-0.25, -0.2) is 0 Å². The normalized spacial score (nSPS) is 21.2. The second-order valence-electron chi connectivity index (χ2n) is 7.33. The number of hydrogen-bond acceptors (Lipinski definition) is 4. The molecule has 1 N–H and O–H groups in total. The Bertz CT molecular complexity index is 750. The van der Waals surface area contributed by atoms with Crippen LogP contribution in [0.1, 0.15) is 26.3 Å². The summed E-state index contributed by atoms with van der Waals surface area (Å²) in [6, 6.07) is 2.58. The lowest BCUT2D eigenvalue weighted by molar-refractivity contribution is -0.148. The van der Waals surface area contributed by atoms with Gasteiger partial charge in [-0.1, -0.05) is 11.6 Å². The molecule has 162 valence electrons. The highest BCUT2D eigenvalue weighted by Gasteiger charge is 2.34. The maximum Gasteiger partial charge on any atom is 0.417 e. The average Bonchev–Trinajstić information content (AvgIpc) is 2.60. The number of morpholine rings is 1. The molecule has 0 radical (unpaired) electrons. The number of alkyl halides is 3. The van der Waals surface area contributed by atoms with Crippen molar-refractivity contribution in [3.8, 4) is 0 Å². The summed E-state index contributed by atoms with van der Waals surface area (Å²) in [6.45, 7) is 6.24. The van der Waals surface area contributed by atoms with Crippen molar-refractivity contribution in [2.75, 3.05) is 32.0 Å². The van der Waals surface area contributed by atoms with Gasteiger partial charge in [-0.05, 0) is 46.0 Å². The van der Waals surface area contributed by atoms with Crippen LogP contribution in [-0.4, -0.2) is 66.5 Å². The van der Waals surface area contributed by atoms with E-state index in [1.807, 2.05) is 13.8 Å². The van der Waals surface area contributed by atoms with E-state index in [1.54, 1.807) is 23.8 Å². The summed E-state index contributed by atoms with van der Waals surface area (Å²) in [4.78, 5) is 28.2. The highest BCUT2D eigenvalue weighted by Crippen LogP contribution is 2.36. The smallest absolute Gasteiger partial charge is 0.372 e. The van der Waals surface area contributed by atoms with E-state index < -0.39 is 28.7 Å². The van der Waals surface area contributed by atoms with Crippen molar-refractivity contribution in [1.82, 2.24) is 9.80 Å². The second kappa shape index (κ2) is 9.32. The molecule has 6 nitrogen and oxygen atoms in total. The van der Waals surface area contributed by atoms with Gasteiger partial charge in [0.25, 0.3) is 0 Å². The molecular formula is C19H25ClF3N3O3. The third kappa shape index (κ3) is 6.32. The predicted molar refractivity (Wildman–Crippen MR) is 104 cm³/mol. The highest BCUT2D eigenvalue weighted by molar-refractivity contribution is 6.31. The van der Waals surface area contributed by atoms with Gasteiger partial charge in [0.05, 0.1) is 35.4 Å². The van der Waals surface area contributed by atoms with Crippen molar-refractivity contribution in [3.05, 3.63) is 28.8 Å². The van der Waals surface area contributed by atoms with Gasteiger partial charge in [0.2, 0.25) is 11.8 Å². The number of nitrogens with zero attached hydrogens (tertiary/aromatic N) is 2. The van der Waals surface area contributed by atoms with Crippen LogP contribution >= 0.6 is 11.6 Å². The number of ether oxygens (including phenoxy) is 1. The summed E-state index contributed by atoms with van der Waals surface area (Å²) >= 11 is 5.58. The van der Waals surface area contributed by atoms with E-state index in [0.29, 0.717) is 13.1 Å². The summed E-state index contributed by atoms with van der Waals surface area (Å²) < 4.78 is 44.5. The van der Waals surface area contributed by atoms with Crippen molar-refractivity contribution in [2.24, 2.45) is 0 Å². The Kier molecular flexibility index (Phi) is 7.53. The van der Waals surface area contributed by atoms with Crippen molar-refractivity contribution in [2.45, 2.75) is 45.2 Å². The molecular weight excluding hydrogens is 411 g/mol. The van der Waals surface area contributed by atoms with Gasteiger partial charge in [0.15, 0.2) is 0 Å². The molecule has 0 aliphatic carbocycles. The van der Waals surface area contributed by atoms with E-state index in [9.17, 15) is 22.8 Å². The number of amides is 2. The molecule has 1 aromatic carbocycles. The summed E-state index contributed by atoms with van der Waals surface area (Å²) in [6.07, 6.45) is -4.77. The van der Waals surface area contributed by atoms with Crippen LogP contribution in [0.2, 0.25) is 5.02 Å². The first-order valence-corrected chi connectivity index (χ1v) is 9.57. The Hall–Kier alpha value is -1.84.